The number of para-hydroxylation sites is 1. The predicted octanol–water partition coefficient (Wildman–Crippen LogP) is 2.19. The number of aromatic nitrogens is 3. The van der Waals surface area contributed by atoms with E-state index in [1.165, 1.54) is 4.68 Å². The first kappa shape index (κ1) is 21.0. The predicted molar refractivity (Wildman–Crippen MR) is 117 cm³/mol. The number of ether oxygens (including phenoxy) is 2. The van der Waals surface area contributed by atoms with Crippen LogP contribution < -0.4 is 26.1 Å². The number of carbonyl (C=O) groups excluding carboxylic acids is 1. The van der Waals surface area contributed by atoms with Crippen molar-refractivity contribution in [3.63, 3.8) is 0 Å². The number of methoxy groups -OCH3 is 2. The van der Waals surface area contributed by atoms with Crippen molar-refractivity contribution in [3.05, 3.63) is 54.1 Å². The second-order valence-electron chi connectivity index (χ2n) is 5.86. The standard InChI is InChI=1S/C19H21N7O3S/c1-28-15-9-8-13(10-16(15)29-2)11-21-23-18-24-25-19(26(18)20)30-12-17(27)22-14-6-4-3-5-7-14/h3-11H,12,20H2,1-2H3,(H,22,27)(H,23,24)/b21-11+. The number of rotatable bonds is 9. The first-order chi connectivity index (χ1) is 14.6. The molecule has 0 spiro atoms. The normalized spacial score (nSPS) is 10.7. The Labute approximate surface area is 177 Å². The molecule has 1 amide bonds. The van der Waals surface area contributed by atoms with Crippen LogP contribution in [0.25, 0.3) is 0 Å². The van der Waals surface area contributed by atoms with Gasteiger partial charge in [-0.3, -0.25) is 4.79 Å². The Hall–Kier alpha value is -3.73. The molecule has 3 rings (SSSR count). The van der Waals surface area contributed by atoms with Gasteiger partial charge in [-0.15, -0.1) is 10.2 Å². The molecule has 0 fully saturated rings. The van der Waals surface area contributed by atoms with Crippen molar-refractivity contribution < 1.29 is 14.3 Å². The van der Waals surface area contributed by atoms with Gasteiger partial charge in [0.1, 0.15) is 0 Å². The van der Waals surface area contributed by atoms with Crippen LogP contribution >= 0.6 is 11.8 Å². The molecule has 0 atom stereocenters. The number of thioether (sulfide) groups is 1. The Morgan fingerprint density at radius 3 is 2.67 bits per heavy atom. The highest BCUT2D eigenvalue weighted by Gasteiger charge is 2.12. The van der Waals surface area contributed by atoms with E-state index in [1.54, 1.807) is 32.6 Å². The summed E-state index contributed by atoms with van der Waals surface area (Å²) < 4.78 is 11.7. The van der Waals surface area contributed by atoms with E-state index in [9.17, 15) is 4.79 Å². The Kier molecular flexibility index (Phi) is 7.11. The summed E-state index contributed by atoms with van der Waals surface area (Å²) in [5.41, 5.74) is 4.24. The van der Waals surface area contributed by atoms with Gasteiger partial charge in [0.15, 0.2) is 11.5 Å². The number of nitrogens with two attached hydrogens (primary N) is 1. The number of carbonyl (C=O) groups is 1. The second-order valence-corrected chi connectivity index (χ2v) is 6.81. The van der Waals surface area contributed by atoms with Crippen LogP contribution in [0.3, 0.4) is 0 Å². The van der Waals surface area contributed by atoms with E-state index < -0.39 is 0 Å². The molecule has 0 aliphatic carbocycles. The zero-order valence-corrected chi connectivity index (χ0v) is 17.2. The van der Waals surface area contributed by atoms with E-state index in [-0.39, 0.29) is 17.6 Å². The summed E-state index contributed by atoms with van der Waals surface area (Å²) in [7, 11) is 3.13. The quantitative estimate of drug-likeness (QED) is 0.205. The molecule has 10 nitrogen and oxygen atoms in total. The molecule has 11 heteroatoms. The number of nitrogens with one attached hydrogen (secondary N) is 2. The van der Waals surface area contributed by atoms with E-state index in [1.807, 2.05) is 36.4 Å². The first-order valence-electron chi connectivity index (χ1n) is 8.80. The van der Waals surface area contributed by atoms with Crippen molar-refractivity contribution >= 4 is 35.5 Å². The first-order valence-corrected chi connectivity index (χ1v) is 9.78. The number of nitrogens with zero attached hydrogens (tertiary/aromatic N) is 4. The number of amides is 1. The molecular weight excluding hydrogens is 406 g/mol. The van der Waals surface area contributed by atoms with Crippen LogP contribution in [-0.2, 0) is 4.79 Å². The maximum Gasteiger partial charge on any atom is 0.264 e. The number of hydrazone groups is 1. The lowest BCUT2D eigenvalue weighted by atomic mass is 10.2. The van der Waals surface area contributed by atoms with Gasteiger partial charge in [0.25, 0.3) is 5.95 Å². The lowest BCUT2D eigenvalue weighted by Crippen LogP contribution is -2.16. The highest BCUT2D eigenvalue weighted by atomic mass is 32.2. The average molecular weight is 427 g/mol. The van der Waals surface area contributed by atoms with Crippen molar-refractivity contribution in [2.45, 2.75) is 5.16 Å². The maximum atomic E-state index is 12.0. The van der Waals surface area contributed by atoms with Crippen molar-refractivity contribution in [1.82, 2.24) is 14.9 Å². The number of hydrogen-bond donors (Lipinski definition) is 3. The van der Waals surface area contributed by atoms with E-state index in [0.29, 0.717) is 16.7 Å². The highest BCUT2D eigenvalue weighted by Crippen LogP contribution is 2.26. The minimum absolute atomic E-state index is 0.138. The monoisotopic (exact) mass is 427 g/mol. The Morgan fingerprint density at radius 2 is 1.93 bits per heavy atom. The molecule has 1 heterocycles. The van der Waals surface area contributed by atoms with Gasteiger partial charge < -0.3 is 20.6 Å². The summed E-state index contributed by atoms with van der Waals surface area (Å²) in [6.45, 7) is 0. The van der Waals surface area contributed by atoms with Gasteiger partial charge >= 0.3 is 0 Å². The highest BCUT2D eigenvalue weighted by molar-refractivity contribution is 7.99. The molecule has 4 N–H and O–H groups in total. The molecule has 0 aliphatic rings. The maximum absolute atomic E-state index is 12.0. The van der Waals surface area contributed by atoms with Gasteiger partial charge in [0.2, 0.25) is 11.1 Å². The number of anilines is 2. The average Bonchev–Trinajstić information content (AvgIpc) is 3.12. The third-order valence-corrected chi connectivity index (χ3v) is 4.78. The third kappa shape index (κ3) is 5.41. The number of hydrogen-bond acceptors (Lipinski definition) is 9. The Morgan fingerprint density at radius 1 is 1.17 bits per heavy atom. The fourth-order valence-corrected chi connectivity index (χ4v) is 3.05. The van der Waals surface area contributed by atoms with Gasteiger partial charge in [-0.05, 0) is 35.9 Å². The van der Waals surface area contributed by atoms with Gasteiger partial charge in [-0.2, -0.15) is 5.10 Å². The summed E-state index contributed by atoms with van der Waals surface area (Å²) >= 11 is 1.16. The van der Waals surface area contributed by atoms with Crippen LogP contribution in [0.4, 0.5) is 11.6 Å². The van der Waals surface area contributed by atoms with Crippen molar-refractivity contribution in [2.75, 3.05) is 36.6 Å². The lowest BCUT2D eigenvalue weighted by Gasteiger charge is -2.07. The molecule has 3 aromatic rings. The molecule has 30 heavy (non-hydrogen) atoms. The van der Waals surface area contributed by atoms with Crippen LogP contribution in [0, 0.1) is 0 Å². The minimum atomic E-state index is -0.171. The molecule has 0 radical (unpaired) electrons. The Balaban J connectivity index is 1.55. The molecule has 0 saturated carbocycles. The zero-order chi connectivity index (χ0) is 21.3. The van der Waals surface area contributed by atoms with Crippen molar-refractivity contribution in [2.24, 2.45) is 5.10 Å². The zero-order valence-electron chi connectivity index (χ0n) is 16.4. The summed E-state index contributed by atoms with van der Waals surface area (Å²) in [5.74, 6) is 7.39. The smallest absolute Gasteiger partial charge is 0.264 e. The Bertz CT molecular complexity index is 1020. The summed E-state index contributed by atoms with van der Waals surface area (Å²) in [4.78, 5) is 12.0. The largest absolute Gasteiger partial charge is 0.493 e. The van der Waals surface area contributed by atoms with Crippen LogP contribution in [0.5, 0.6) is 11.5 Å². The topological polar surface area (TPSA) is 129 Å². The fraction of sp³-hybridized carbons (Fsp3) is 0.158. The molecule has 0 bridgehead atoms. The number of nitrogen functional groups attached to an aromatic ring is 1. The van der Waals surface area contributed by atoms with E-state index in [2.05, 4.69) is 26.0 Å². The third-order valence-electron chi connectivity index (χ3n) is 3.84. The summed E-state index contributed by atoms with van der Waals surface area (Å²) in [6.07, 6.45) is 1.58. The van der Waals surface area contributed by atoms with Crippen LogP contribution in [0.15, 0.2) is 58.8 Å². The molecule has 0 saturated heterocycles. The summed E-state index contributed by atoms with van der Waals surface area (Å²) in [5, 5.41) is 15.2. The van der Waals surface area contributed by atoms with E-state index >= 15 is 0 Å². The van der Waals surface area contributed by atoms with Crippen LogP contribution in [0.2, 0.25) is 0 Å². The molecule has 2 aromatic carbocycles. The van der Waals surface area contributed by atoms with Crippen molar-refractivity contribution in [3.8, 4) is 11.5 Å². The van der Waals surface area contributed by atoms with Crippen LogP contribution in [-0.4, -0.2) is 47.0 Å². The van der Waals surface area contributed by atoms with Crippen molar-refractivity contribution in [1.29, 1.82) is 0 Å². The number of benzene rings is 2. The molecule has 156 valence electrons. The minimum Gasteiger partial charge on any atom is -0.493 e. The molecular formula is C19H21N7O3S. The molecule has 0 aliphatic heterocycles. The summed E-state index contributed by atoms with van der Waals surface area (Å²) in [6, 6.07) is 14.6. The fourth-order valence-electron chi connectivity index (χ4n) is 2.40. The second kappa shape index (κ2) is 10.2. The van der Waals surface area contributed by atoms with Gasteiger partial charge in [-0.25, -0.2) is 10.1 Å². The SMILES string of the molecule is COc1ccc(/C=N/Nc2nnc(SCC(=O)Nc3ccccc3)n2N)cc1OC. The van der Waals surface area contributed by atoms with Gasteiger partial charge in [0.05, 0.1) is 26.2 Å². The van der Waals surface area contributed by atoms with Gasteiger partial charge in [0, 0.05) is 5.69 Å². The van der Waals surface area contributed by atoms with Crippen LogP contribution in [0.1, 0.15) is 5.56 Å². The van der Waals surface area contributed by atoms with E-state index in [0.717, 1.165) is 23.0 Å². The van der Waals surface area contributed by atoms with E-state index in [4.69, 9.17) is 15.3 Å². The molecule has 1 aromatic heterocycles. The van der Waals surface area contributed by atoms with Gasteiger partial charge in [-0.1, -0.05) is 30.0 Å². The lowest BCUT2D eigenvalue weighted by molar-refractivity contribution is -0.113. The molecule has 0 unspecified atom stereocenters.